The van der Waals surface area contributed by atoms with E-state index >= 15 is 0 Å². The zero-order chi connectivity index (χ0) is 17.2. The van der Waals surface area contributed by atoms with Gasteiger partial charge in [0.05, 0.1) is 6.20 Å². The number of benzene rings is 1. The predicted octanol–water partition coefficient (Wildman–Crippen LogP) is 0.183. The number of nitrogens with zero attached hydrogens (tertiary/aromatic N) is 2. The highest BCUT2D eigenvalue weighted by molar-refractivity contribution is 5.96. The number of carbonyl (C=O) groups is 1. The van der Waals surface area contributed by atoms with Crippen molar-refractivity contribution in [2.45, 2.75) is 19.4 Å². The second-order valence-corrected chi connectivity index (χ2v) is 7.11. The highest BCUT2D eigenvalue weighted by Gasteiger charge is 2.34. The first-order valence-electron chi connectivity index (χ1n) is 9.17. The monoisotopic (exact) mass is 338 g/mol. The van der Waals surface area contributed by atoms with Crippen LogP contribution in [0.25, 0.3) is 0 Å². The molecule has 1 aromatic carbocycles. The van der Waals surface area contributed by atoms with E-state index in [2.05, 4.69) is 47.1 Å². The average molecular weight is 338 g/mol. The van der Waals surface area contributed by atoms with Gasteiger partial charge in [0.1, 0.15) is 26.2 Å². The summed E-state index contributed by atoms with van der Waals surface area (Å²) in [5.41, 5.74) is 2.40. The van der Waals surface area contributed by atoms with Crippen LogP contribution >= 0.6 is 0 Å². The third-order valence-electron chi connectivity index (χ3n) is 5.38. The van der Waals surface area contributed by atoms with E-state index in [4.69, 9.17) is 0 Å². The van der Waals surface area contributed by atoms with E-state index in [0.29, 0.717) is 6.54 Å². The summed E-state index contributed by atoms with van der Waals surface area (Å²) < 4.78 is 0. The molecular formula is C20H26N4O+2. The van der Waals surface area contributed by atoms with Gasteiger partial charge in [-0.25, -0.2) is 4.98 Å². The fraction of sp³-hybridized carbons (Fsp3) is 0.400. The summed E-state index contributed by atoms with van der Waals surface area (Å²) in [4.78, 5) is 22.0. The van der Waals surface area contributed by atoms with Crippen molar-refractivity contribution in [2.24, 2.45) is 0 Å². The number of carbonyl (C=O) groups excluding carboxylic acids is 1. The molecule has 130 valence electrons. The number of amides is 1. The van der Waals surface area contributed by atoms with Gasteiger partial charge >= 0.3 is 0 Å². The van der Waals surface area contributed by atoms with Gasteiger partial charge in [0.15, 0.2) is 6.54 Å². The number of hydrogen-bond acceptors (Lipinski definition) is 2. The average Bonchev–Trinajstić information content (AvgIpc) is 2.99. The predicted molar refractivity (Wildman–Crippen MR) is 97.9 cm³/mol. The number of nitrogens with one attached hydrogen (secondary N) is 2. The van der Waals surface area contributed by atoms with Gasteiger partial charge in [0.25, 0.3) is 11.7 Å². The van der Waals surface area contributed by atoms with Crippen LogP contribution < -0.4 is 19.7 Å². The highest BCUT2D eigenvalue weighted by atomic mass is 16.2. The number of aromatic amines is 1. The Bertz CT molecular complexity index is 740. The summed E-state index contributed by atoms with van der Waals surface area (Å²) in [5.74, 6) is 1.42. The Labute approximate surface area is 148 Å². The lowest BCUT2D eigenvalue weighted by Crippen LogP contribution is -3.16. The molecule has 5 heteroatoms. The van der Waals surface area contributed by atoms with E-state index in [1.54, 1.807) is 0 Å². The molecule has 1 atom stereocenters. The summed E-state index contributed by atoms with van der Waals surface area (Å²) in [6.07, 6.45) is 2.93. The highest BCUT2D eigenvalue weighted by Crippen LogP contribution is 2.31. The van der Waals surface area contributed by atoms with Gasteiger partial charge in [0, 0.05) is 17.8 Å². The smallest absolute Gasteiger partial charge is 0.282 e. The zero-order valence-electron chi connectivity index (χ0n) is 14.7. The van der Waals surface area contributed by atoms with Crippen molar-refractivity contribution in [3.05, 3.63) is 54.2 Å². The Hall–Kier alpha value is -2.40. The van der Waals surface area contributed by atoms with Gasteiger partial charge in [-0.2, -0.15) is 0 Å². The Morgan fingerprint density at radius 1 is 1.16 bits per heavy atom. The number of H-pyrrole nitrogens is 1. The molecule has 0 radical (unpaired) electrons. The molecule has 25 heavy (non-hydrogen) atoms. The lowest BCUT2D eigenvalue weighted by atomic mass is 10.1. The first-order chi connectivity index (χ1) is 12.2. The standard InChI is InChI=1S/C20H24N4O/c1-16-14-17-6-2-3-7-18(17)24(16)20(25)15-22-10-12-23(13-11-22)19-8-4-5-9-21-19/h2-9,16H,10-15H2,1H3/p+2/t16-/m1/s1. The molecule has 0 spiro atoms. The van der Waals surface area contributed by atoms with Crippen LogP contribution in [0.2, 0.25) is 0 Å². The number of piperazine rings is 1. The van der Waals surface area contributed by atoms with E-state index in [1.165, 1.54) is 10.5 Å². The molecule has 5 nitrogen and oxygen atoms in total. The topological polar surface area (TPSA) is 42.1 Å². The van der Waals surface area contributed by atoms with Crippen LogP contribution in [-0.2, 0) is 11.2 Å². The van der Waals surface area contributed by atoms with Crippen LogP contribution in [0.4, 0.5) is 11.5 Å². The van der Waals surface area contributed by atoms with Crippen molar-refractivity contribution in [1.82, 2.24) is 0 Å². The van der Waals surface area contributed by atoms with E-state index in [1.807, 2.05) is 23.2 Å². The molecule has 0 unspecified atom stereocenters. The molecule has 4 rings (SSSR count). The summed E-state index contributed by atoms with van der Waals surface area (Å²) in [7, 11) is 0. The van der Waals surface area contributed by atoms with Crippen molar-refractivity contribution in [3.8, 4) is 0 Å². The zero-order valence-corrected chi connectivity index (χ0v) is 14.7. The summed E-state index contributed by atoms with van der Waals surface area (Å²) in [6.45, 7) is 6.70. The van der Waals surface area contributed by atoms with Gasteiger partial charge in [-0.3, -0.25) is 9.69 Å². The number of aromatic nitrogens is 1. The third-order valence-corrected chi connectivity index (χ3v) is 5.38. The molecule has 2 aliphatic rings. The van der Waals surface area contributed by atoms with Crippen molar-refractivity contribution in [1.29, 1.82) is 0 Å². The normalized spacial score (nSPS) is 20.6. The first kappa shape index (κ1) is 16.1. The van der Waals surface area contributed by atoms with Gasteiger partial charge in [-0.05, 0) is 31.0 Å². The van der Waals surface area contributed by atoms with Crippen molar-refractivity contribution >= 4 is 17.4 Å². The summed E-state index contributed by atoms with van der Waals surface area (Å²) in [6, 6.07) is 14.7. The Kier molecular flexibility index (Phi) is 4.40. The fourth-order valence-corrected chi connectivity index (χ4v) is 4.07. The number of anilines is 2. The van der Waals surface area contributed by atoms with Crippen molar-refractivity contribution in [2.75, 3.05) is 42.5 Å². The van der Waals surface area contributed by atoms with E-state index in [-0.39, 0.29) is 11.9 Å². The quantitative estimate of drug-likeness (QED) is 0.868. The second-order valence-electron chi connectivity index (χ2n) is 7.11. The molecule has 0 saturated carbocycles. The number of fused-ring (bicyclic) bond motifs is 1. The molecule has 1 saturated heterocycles. The molecule has 1 fully saturated rings. The Morgan fingerprint density at radius 2 is 1.92 bits per heavy atom. The molecule has 1 amide bonds. The molecular weight excluding hydrogens is 312 g/mol. The van der Waals surface area contributed by atoms with Crippen LogP contribution in [0, 0.1) is 0 Å². The fourth-order valence-electron chi connectivity index (χ4n) is 4.07. The minimum Gasteiger partial charge on any atom is -0.321 e. The molecule has 1 aromatic heterocycles. The lowest BCUT2D eigenvalue weighted by molar-refractivity contribution is -0.892. The molecule has 2 aliphatic heterocycles. The minimum atomic E-state index is 0.257. The van der Waals surface area contributed by atoms with Gasteiger partial charge in [0.2, 0.25) is 0 Å². The van der Waals surface area contributed by atoms with Gasteiger partial charge in [-0.1, -0.05) is 24.3 Å². The molecule has 3 heterocycles. The largest absolute Gasteiger partial charge is 0.321 e. The second kappa shape index (κ2) is 6.84. The van der Waals surface area contributed by atoms with Crippen LogP contribution in [-0.4, -0.2) is 44.7 Å². The number of para-hydroxylation sites is 1. The molecule has 2 N–H and O–H groups in total. The number of pyridine rings is 1. The lowest BCUT2D eigenvalue weighted by Gasteiger charge is -2.30. The van der Waals surface area contributed by atoms with Crippen LogP contribution in [0.1, 0.15) is 12.5 Å². The van der Waals surface area contributed by atoms with Gasteiger partial charge < -0.3 is 9.80 Å². The SMILES string of the molecule is C[C@@H]1Cc2ccccc2N1C(=O)C[NH+]1CCN(c2cccc[nH+]2)CC1. The van der Waals surface area contributed by atoms with E-state index in [0.717, 1.165) is 44.1 Å². The maximum atomic E-state index is 12.9. The Morgan fingerprint density at radius 3 is 2.68 bits per heavy atom. The maximum absolute atomic E-state index is 12.9. The first-order valence-corrected chi connectivity index (χ1v) is 9.17. The number of hydrogen-bond donors (Lipinski definition) is 1. The molecule has 2 aromatic rings. The Balaban J connectivity index is 1.37. The molecule has 0 aliphatic carbocycles. The van der Waals surface area contributed by atoms with E-state index < -0.39 is 0 Å². The van der Waals surface area contributed by atoms with Gasteiger partial charge in [-0.15, -0.1) is 0 Å². The van der Waals surface area contributed by atoms with Crippen molar-refractivity contribution < 1.29 is 14.7 Å². The van der Waals surface area contributed by atoms with Crippen LogP contribution in [0.5, 0.6) is 0 Å². The number of quaternary nitrogens is 1. The minimum absolute atomic E-state index is 0.257. The van der Waals surface area contributed by atoms with Crippen molar-refractivity contribution in [3.63, 3.8) is 0 Å². The number of rotatable bonds is 3. The third kappa shape index (κ3) is 3.24. The van der Waals surface area contributed by atoms with E-state index in [9.17, 15) is 4.79 Å². The molecule has 0 bridgehead atoms. The summed E-state index contributed by atoms with van der Waals surface area (Å²) in [5, 5.41) is 0. The maximum Gasteiger partial charge on any atom is 0.282 e. The summed E-state index contributed by atoms with van der Waals surface area (Å²) >= 11 is 0. The van der Waals surface area contributed by atoms with Crippen LogP contribution in [0.3, 0.4) is 0 Å². The van der Waals surface area contributed by atoms with Crippen LogP contribution in [0.15, 0.2) is 48.7 Å².